The van der Waals surface area contributed by atoms with E-state index in [4.69, 9.17) is 0 Å². The molecule has 78 valence electrons. The molecule has 0 fully saturated rings. The molecule has 0 amide bonds. The number of nitrogens with one attached hydrogen (secondary N) is 1. The fraction of sp³-hybridized carbons (Fsp3) is 0.444. The summed E-state index contributed by atoms with van der Waals surface area (Å²) < 4.78 is 35.6. The summed E-state index contributed by atoms with van der Waals surface area (Å²) in [6.45, 7) is 2.47. The predicted octanol–water partition coefficient (Wildman–Crippen LogP) is 2.67. The molecule has 0 unspecified atom stereocenters. The molecular formula is C9H11F3N2. The highest BCUT2D eigenvalue weighted by molar-refractivity contribution is 5.45. The largest absolute Gasteiger partial charge is 0.405 e. The number of pyridine rings is 1. The van der Waals surface area contributed by atoms with Gasteiger partial charge in [0.05, 0.1) is 0 Å². The van der Waals surface area contributed by atoms with Crippen molar-refractivity contribution in [1.29, 1.82) is 0 Å². The summed E-state index contributed by atoms with van der Waals surface area (Å²) in [5.74, 6) is 0. The molecule has 14 heavy (non-hydrogen) atoms. The number of alkyl halides is 3. The molecule has 0 bridgehead atoms. The van der Waals surface area contributed by atoms with Crippen molar-refractivity contribution in [1.82, 2.24) is 4.98 Å². The minimum Gasteiger partial charge on any atom is -0.376 e. The SMILES string of the molecule is Cc1cc(NCC(F)(F)F)cc(C)n1. The van der Waals surface area contributed by atoms with Crippen molar-refractivity contribution in [3.8, 4) is 0 Å². The van der Waals surface area contributed by atoms with Gasteiger partial charge >= 0.3 is 6.18 Å². The molecule has 0 spiro atoms. The molecule has 1 aromatic rings. The average molecular weight is 204 g/mol. The molecule has 0 aromatic carbocycles. The Labute approximate surface area is 80.2 Å². The third-order valence-electron chi connectivity index (χ3n) is 1.57. The zero-order chi connectivity index (χ0) is 10.8. The van der Waals surface area contributed by atoms with E-state index in [0.29, 0.717) is 17.1 Å². The standard InChI is InChI=1S/C9H11F3N2/c1-6-3-8(4-7(2)14-6)13-5-9(10,11)12/h3-4H,5H2,1-2H3,(H,13,14). The highest BCUT2D eigenvalue weighted by Crippen LogP contribution is 2.17. The summed E-state index contributed by atoms with van der Waals surface area (Å²) >= 11 is 0. The van der Waals surface area contributed by atoms with Crippen LogP contribution in [0, 0.1) is 13.8 Å². The topological polar surface area (TPSA) is 24.9 Å². The van der Waals surface area contributed by atoms with E-state index in [1.54, 1.807) is 26.0 Å². The lowest BCUT2D eigenvalue weighted by atomic mass is 10.3. The van der Waals surface area contributed by atoms with Gasteiger partial charge in [0.1, 0.15) is 6.54 Å². The Bertz CT molecular complexity index is 300. The number of hydrogen-bond donors (Lipinski definition) is 1. The molecule has 1 N–H and O–H groups in total. The van der Waals surface area contributed by atoms with Crippen LogP contribution in [0.2, 0.25) is 0 Å². The van der Waals surface area contributed by atoms with Crippen LogP contribution in [-0.4, -0.2) is 17.7 Å². The summed E-state index contributed by atoms with van der Waals surface area (Å²) in [6, 6.07) is 3.16. The van der Waals surface area contributed by atoms with E-state index < -0.39 is 12.7 Å². The van der Waals surface area contributed by atoms with Gasteiger partial charge in [0.2, 0.25) is 0 Å². The molecule has 2 nitrogen and oxygen atoms in total. The van der Waals surface area contributed by atoms with Crippen molar-refractivity contribution >= 4 is 5.69 Å². The molecule has 0 radical (unpaired) electrons. The number of rotatable bonds is 2. The minimum absolute atomic E-state index is 0.451. The van der Waals surface area contributed by atoms with Crippen molar-refractivity contribution in [3.63, 3.8) is 0 Å². The average Bonchev–Trinajstić information content (AvgIpc) is 1.97. The quantitative estimate of drug-likeness (QED) is 0.801. The van der Waals surface area contributed by atoms with E-state index in [2.05, 4.69) is 10.3 Å². The maximum atomic E-state index is 11.9. The first-order valence-electron chi connectivity index (χ1n) is 4.13. The summed E-state index contributed by atoms with van der Waals surface area (Å²) in [6.07, 6.45) is -4.19. The summed E-state index contributed by atoms with van der Waals surface area (Å²) in [5.41, 5.74) is 1.86. The highest BCUT2D eigenvalue weighted by atomic mass is 19.4. The molecule has 1 aromatic heterocycles. The van der Waals surface area contributed by atoms with Gasteiger partial charge < -0.3 is 5.32 Å². The number of aryl methyl sites for hydroxylation is 2. The molecule has 1 rings (SSSR count). The molecule has 0 aliphatic carbocycles. The molecule has 0 atom stereocenters. The van der Waals surface area contributed by atoms with Gasteiger partial charge in [0.25, 0.3) is 0 Å². The van der Waals surface area contributed by atoms with Crippen molar-refractivity contribution in [2.45, 2.75) is 20.0 Å². The Morgan fingerprint density at radius 3 is 2.14 bits per heavy atom. The van der Waals surface area contributed by atoms with Crippen LogP contribution < -0.4 is 5.32 Å². The van der Waals surface area contributed by atoms with Gasteiger partial charge in [-0.25, -0.2) is 0 Å². The van der Waals surface area contributed by atoms with Crippen LogP contribution in [0.3, 0.4) is 0 Å². The fourth-order valence-corrected chi connectivity index (χ4v) is 1.14. The van der Waals surface area contributed by atoms with Crippen LogP contribution in [0.4, 0.5) is 18.9 Å². The maximum Gasteiger partial charge on any atom is 0.405 e. The van der Waals surface area contributed by atoms with Gasteiger partial charge in [-0.2, -0.15) is 13.2 Å². The zero-order valence-corrected chi connectivity index (χ0v) is 7.94. The molecule has 0 aliphatic heterocycles. The summed E-state index contributed by atoms with van der Waals surface area (Å²) in [5, 5.41) is 2.30. The number of hydrogen-bond acceptors (Lipinski definition) is 2. The van der Waals surface area contributed by atoms with Gasteiger partial charge in [-0.3, -0.25) is 4.98 Å². The van der Waals surface area contributed by atoms with E-state index >= 15 is 0 Å². The van der Waals surface area contributed by atoms with Crippen LogP contribution in [0.15, 0.2) is 12.1 Å². The second-order valence-electron chi connectivity index (χ2n) is 3.11. The van der Waals surface area contributed by atoms with Crippen LogP contribution in [-0.2, 0) is 0 Å². The van der Waals surface area contributed by atoms with Crippen LogP contribution >= 0.6 is 0 Å². The van der Waals surface area contributed by atoms with Crippen molar-refractivity contribution in [3.05, 3.63) is 23.5 Å². The Morgan fingerprint density at radius 1 is 1.21 bits per heavy atom. The number of nitrogens with zero attached hydrogens (tertiary/aromatic N) is 1. The lowest BCUT2D eigenvalue weighted by Gasteiger charge is -2.10. The number of halogens is 3. The van der Waals surface area contributed by atoms with Gasteiger partial charge in [0, 0.05) is 17.1 Å². The third-order valence-corrected chi connectivity index (χ3v) is 1.57. The monoisotopic (exact) mass is 204 g/mol. The van der Waals surface area contributed by atoms with E-state index in [0.717, 1.165) is 0 Å². The Hall–Kier alpha value is -1.26. The number of anilines is 1. The zero-order valence-electron chi connectivity index (χ0n) is 7.94. The lowest BCUT2D eigenvalue weighted by molar-refractivity contribution is -0.115. The predicted molar refractivity (Wildman–Crippen MR) is 48.3 cm³/mol. The number of aromatic nitrogens is 1. The molecule has 1 heterocycles. The second-order valence-corrected chi connectivity index (χ2v) is 3.11. The van der Waals surface area contributed by atoms with Crippen molar-refractivity contribution in [2.75, 3.05) is 11.9 Å². The first kappa shape index (κ1) is 10.8. The summed E-state index contributed by atoms with van der Waals surface area (Å²) in [4.78, 5) is 4.06. The lowest BCUT2D eigenvalue weighted by Crippen LogP contribution is -2.21. The van der Waals surface area contributed by atoms with Crippen LogP contribution in [0.25, 0.3) is 0 Å². The molecule has 0 saturated heterocycles. The Balaban J connectivity index is 2.68. The maximum absolute atomic E-state index is 11.9. The van der Waals surface area contributed by atoms with Crippen molar-refractivity contribution < 1.29 is 13.2 Å². The van der Waals surface area contributed by atoms with E-state index in [9.17, 15) is 13.2 Å². The second kappa shape index (κ2) is 3.86. The van der Waals surface area contributed by atoms with Crippen molar-refractivity contribution in [2.24, 2.45) is 0 Å². The van der Waals surface area contributed by atoms with E-state index in [-0.39, 0.29) is 0 Å². The minimum atomic E-state index is -4.19. The first-order valence-corrected chi connectivity index (χ1v) is 4.13. The molecule has 0 saturated carbocycles. The van der Waals surface area contributed by atoms with Gasteiger partial charge in [-0.05, 0) is 26.0 Å². The first-order chi connectivity index (χ1) is 6.37. The van der Waals surface area contributed by atoms with Crippen LogP contribution in [0.5, 0.6) is 0 Å². The van der Waals surface area contributed by atoms with E-state index in [1.165, 1.54) is 0 Å². The fourth-order valence-electron chi connectivity index (χ4n) is 1.14. The van der Waals surface area contributed by atoms with E-state index in [1.807, 2.05) is 0 Å². The highest BCUT2D eigenvalue weighted by Gasteiger charge is 2.26. The summed E-state index contributed by atoms with van der Waals surface area (Å²) in [7, 11) is 0. The normalized spacial score (nSPS) is 11.5. The molecule has 5 heteroatoms. The van der Waals surface area contributed by atoms with Gasteiger partial charge in [0.15, 0.2) is 0 Å². The third kappa shape index (κ3) is 3.64. The van der Waals surface area contributed by atoms with Gasteiger partial charge in [-0.15, -0.1) is 0 Å². The Kier molecular flexibility index (Phi) is 2.98. The smallest absolute Gasteiger partial charge is 0.376 e. The molecule has 0 aliphatic rings. The van der Waals surface area contributed by atoms with Crippen LogP contribution in [0.1, 0.15) is 11.4 Å². The van der Waals surface area contributed by atoms with Gasteiger partial charge in [-0.1, -0.05) is 0 Å². The molecular weight excluding hydrogens is 193 g/mol. The Morgan fingerprint density at radius 2 is 1.71 bits per heavy atom.